The molecule has 2 heterocycles. The van der Waals surface area contributed by atoms with Gasteiger partial charge < -0.3 is 4.57 Å². The summed E-state index contributed by atoms with van der Waals surface area (Å²) in [4.78, 5) is 22.9. The standard InChI is InChI=1S/C29H22F3N5O/c1-18-7-13-23(14-8-18)37-27(35-25-6-4-3-5-24(25)28(37)38)19(2)36-17-22(16-33)34-26(36)15-20-9-11-21(12-10-20)29(30,31)32/h3-14,17,19H,15H2,1-2H3. The molecule has 2 aromatic heterocycles. The van der Waals surface area contributed by atoms with E-state index in [4.69, 9.17) is 4.98 Å². The van der Waals surface area contributed by atoms with E-state index in [0.29, 0.717) is 33.8 Å². The smallest absolute Gasteiger partial charge is 0.323 e. The number of benzene rings is 3. The second-order valence-corrected chi connectivity index (χ2v) is 9.07. The normalized spacial score (nSPS) is 12.4. The fourth-order valence-electron chi connectivity index (χ4n) is 4.44. The first kappa shape index (κ1) is 25.0. The third kappa shape index (κ3) is 4.68. The van der Waals surface area contributed by atoms with Crippen LogP contribution in [-0.4, -0.2) is 19.1 Å². The van der Waals surface area contributed by atoms with E-state index in [1.54, 1.807) is 39.6 Å². The first-order valence-electron chi connectivity index (χ1n) is 11.9. The molecule has 38 heavy (non-hydrogen) atoms. The van der Waals surface area contributed by atoms with Crippen molar-refractivity contribution in [1.29, 1.82) is 5.26 Å². The topological polar surface area (TPSA) is 76.5 Å². The Hall–Kier alpha value is -4.71. The summed E-state index contributed by atoms with van der Waals surface area (Å²) in [5.41, 5.74) is 2.01. The lowest BCUT2D eigenvalue weighted by Gasteiger charge is -2.21. The molecule has 0 saturated heterocycles. The predicted octanol–water partition coefficient (Wildman–Crippen LogP) is 5.98. The van der Waals surface area contributed by atoms with Gasteiger partial charge in [-0.3, -0.25) is 9.36 Å². The highest BCUT2D eigenvalue weighted by molar-refractivity contribution is 5.77. The molecule has 5 rings (SSSR count). The van der Waals surface area contributed by atoms with E-state index in [-0.39, 0.29) is 17.7 Å². The van der Waals surface area contributed by atoms with Crippen LogP contribution in [0.15, 0.2) is 83.8 Å². The SMILES string of the molecule is Cc1ccc(-n2c(C(C)n3cc(C#N)nc3Cc3ccc(C(F)(F)F)cc3)nc3ccccc3c2=O)cc1. The van der Waals surface area contributed by atoms with Crippen molar-refractivity contribution in [2.24, 2.45) is 0 Å². The molecule has 1 atom stereocenters. The van der Waals surface area contributed by atoms with Crippen LogP contribution in [0.4, 0.5) is 13.2 Å². The van der Waals surface area contributed by atoms with Crippen molar-refractivity contribution in [3.05, 3.63) is 123 Å². The fraction of sp³-hybridized carbons (Fsp3) is 0.172. The maximum absolute atomic E-state index is 13.7. The molecule has 0 aliphatic carbocycles. The monoisotopic (exact) mass is 513 g/mol. The number of para-hydroxylation sites is 1. The van der Waals surface area contributed by atoms with Crippen molar-refractivity contribution >= 4 is 10.9 Å². The summed E-state index contributed by atoms with van der Waals surface area (Å²) >= 11 is 0. The Morgan fingerprint density at radius 3 is 2.32 bits per heavy atom. The summed E-state index contributed by atoms with van der Waals surface area (Å²) in [5.74, 6) is 0.903. The third-order valence-corrected chi connectivity index (χ3v) is 6.45. The number of hydrogen-bond donors (Lipinski definition) is 0. The van der Waals surface area contributed by atoms with E-state index < -0.39 is 17.8 Å². The lowest BCUT2D eigenvalue weighted by Crippen LogP contribution is -2.27. The van der Waals surface area contributed by atoms with Crippen molar-refractivity contribution < 1.29 is 13.2 Å². The largest absolute Gasteiger partial charge is 0.416 e. The molecule has 5 aromatic rings. The summed E-state index contributed by atoms with van der Waals surface area (Å²) < 4.78 is 42.3. The second-order valence-electron chi connectivity index (χ2n) is 9.07. The van der Waals surface area contributed by atoms with E-state index in [9.17, 15) is 23.2 Å². The van der Waals surface area contributed by atoms with E-state index in [2.05, 4.69) is 4.98 Å². The molecule has 0 aliphatic rings. The molecule has 0 saturated carbocycles. The van der Waals surface area contributed by atoms with Crippen LogP contribution in [0.2, 0.25) is 0 Å². The zero-order chi connectivity index (χ0) is 27.0. The summed E-state index contributed by atoms with van der Waals surface area (Å²) in [6.07, 6.45) is -2.67. The maximum atomic E-state index is 13.7. The molecule has 0 fully saturated rings. The molecule has 0 bridgehead atoms. The predicted molar refractivity (Wildman–Crippen MR) is 137 cm³/mol. The Kier molecular flexibility index (Phi) is 6.33. The summed E-state index contributed by atoms with van der Waals surface area (Å²) in [6.45, 7) is 3.80. The van der Waals surface area contributed by atoms with Gasteiger partial charge in [0.1, 0.15) is 17.7 Å². The molecule has 0 aliphatic heterocycles. The highest BCUT2D eigenvalue weighted by Gasteiger charge is 2.30. The molecule has 6 nitrogen and oxygen atoms in total. The van der Waals surface area contributed by atoms with Crippen LogP contribution in [0.5, 0.6) is 0 Å². The van der Waals surface area contributed by atoms with Crippen LogP contribution in [0, 0.1) is 18.3 Å². The van der Waals surface area contributed by atoms with Crippen LogP contribution in [0.25, 0.3) is 16.6 Å². The van der Waals surface area contributed by atoms with Gasteiger partial charge in [-0.15, -0.1) is 0 Å². The number of rotatable bonds is 5. The third-order valence-electron chi connectivity index (χ3n) is 6.45. The molecule has 9 heteroatoms. The van der Waals surface area contributed by atoms with E-state index >= 15 is 0 Å². The van der Waals surface area contributed by atoms with Gasteiger partial charge in [-0.2, -0.15) is 18.4 Å². The zero-order valence-corrected chi connectivity index (χ0v) is 20.6. The number of alkyl halides is 3. The van der Waals surface area contributed by atoms with E-state index in [0.717, 1.165) is 17.7 Å². The van der Waals surface area contributed by atoms with Gasteiger partial charge in [0.05, 0.1) is 28.2 Å². The Balaban J connectivity index is 1.64. The number of fused-ring (bicyclic) bond motifs is 1. The minimum atomic E-state index is -4.43. The average Bonchev–Trinajstić information content (AvgIpc) is 3.31. The summed E-state index contributed by atoms with van der Waals surface area (Å²) in [7, 11) is 0. The maximum Gasteiger partial charge on any atom is 0.416 e. The van der Waals surface area contributed by atoms with Gasteiger partial charge in [0, 0.05) is 12.6 Å². The number of nitrogens with zero attached hydrogens (tertiary/aromatic N) is 5. The molecule has 190 valence electrons. The number of halogens is 3. The molecule has 1 unspecified atom stereocenters. The molecular formula is C29H22F3N5O. The Labute approximate surface area is 216 Å². The lowest BCUT2D eigenvalue weighted by atomic mass is 10.1. The Bertz CT molecular complexity index is 1730. The zero-order valence-electron chi connectivity index (χ0n) is 20.6. The van der Waals surface area contributed by atoms with E-state index in [1.807, 2.05) is 44.2 Å². The summed E-state index contributed by atoms with van der Waals surface area (Å²) in [6, 6.07) is 20.9. The van der Waals surface area contributed by atoms with Crippen LogP contribution < -0.4 is 5.56 Å². The number of imidazole rings is 1. The van der Waals surface area contributed by atoms with Crippen LogP contribution in [-0.2, 0) is 12.6 Å². The average molecular weight is 514 g/mol. The first-order chi connectivity index (χ1) is 18.2. The number of nitriles is 1. The minimum absolute atomic E-state index is 0.156. The lowest BCUT2D eigenvalue weighted by molar-refractivity contribution is -0.137. The molecule has 0 spiro atoms. The van der Waals surface area contributed by atoms with Gasteiger partial charge in [0.2, 0.25) is 0 Å². The number of aryl methyl sites for hydroxylation is 1. The Morgan fingerprint density at radius 2 is 1.66 bits per heavy atom. The van der Waals surface area contributed by atoms with Gasteiger partial charge in [-0.05, 0) is 55.8 Å². The molecule has 0 N–H and O–H groups in total. The van der Waals surface area contributed by atoms with Gasteiger partial charge in [0.15, 0.2) is 5.69 Å². The van der Waals surface area contributed by atoms with Gasteiger partial charge in [-0.1, -0.05) is 42.0 Å². The van der Waals surface area contributed by atoms with Crippen LogP contribution >= 0.6 is 0 Å². The van der Waals surface area contributed by atoms with Gasteiger partial charge in [0.25, 0.3) is 5.56 Å². The van der Waals surface area contributed by atoms with Crippen LogP contribution in [0.1, 0.15) is 47.0 Å². The number of hydrogen-bond acceptors (Lipinski definition) is 4. The molecule has 0 radical (unpaired) electrons. The highest BCUT2D eigenvalue weighted by atomic mass is 19.4. The minimum Gasteiger partial charge on any atom is -0.323 e. The fourth-order valence-corrected chi connectivity index (χ4v) is 4.44. The van der Waals surface area contributed by atoms with Crippen molar-refractivity contribution in [1.82, 2.24) is 19.1 Å². The van der Waals surface area contributed by atoms with Crippen LogP contribution in [0.3, 0.4) is 0 Å². The highest BCUT2D eigenvalue weighted by Crippen LogP contribution is 2.30. The van der Waals surface area contributed by atoms with Crippen molar-refractivity contribution in [3.63, 3.8) is 0 Å². The second kappa shape index (κ2) is 9.63. The van der Waals surface area contributed by atoms with Crippen molar-refractivity contribution in [2.45, 2.75) is 32.5 Å². The van der Waals surface area contributed by atoms with E-state index in [1.165, 1.54) is 12.1 Å². The first-order valence-corrected chi connectivity index (χ1v) is 11.9. The quantitative estimate of drug-likeness (QED) is 0.290. The van der Waals surface area contributed by atoms with Gasteiger partial charge in [-0.25, -0.2) is 9.97 Å². The van der Waals surface area contributed by atoms with Crippen molar-refractivity contribution in [3.8, 4) is 11.8 Å². The molecule has 3 aromatic carbocycles. The van der Waals surface area contributed by atoms with Gasteiger partial charge >= 0.3 is 6.18 Å². The summed E-state index contributed by atoms with van der Waals surface area (Å²) in [5, 5.41) is 10.0. The number of aromatic nitrogens is 4. The molecular weight excluding hydrogens is 491 g/mol. The Morgan fingerprint density at radius 1 is 0.974 bits per heavy atom. The molecule has 0 amide bonds. The van der Waals surface area contributed by atoms with Crippen molar-refractivity contribution in [2.75, 3.05) is 0 Å².